The molecule has 1 aromatic rings. The number of rotatable bonds is 4. The highest BCUT2D eigenvalue weighted by Crippen LogP contribution is 2.29. The van der Waals surface area contributed by atoms with Gasteiger partial charge in [0.2, 0.25) is 0 Å². The highest BCUT2D eigenvalue weighted by atomic mass is 19.1. The highest BCUT2D eigenvalue weighted by molar-refractivity contribution is 5.19. The number of hydrazine groups is 1. The molecular weight excluding hydrogens is 222 g/mol. The Morgan fingerprint density at radius 2 is 2.00 bits per heavy atom. The van der Waals surface area contributed by atoms with E-state index in [1.807, 2.05) is 0 Å². The molecule has 3 N–H and O–H groups in total. The van der Waals surface area contributed by atoms with E-state index in [1.165, 1.54) is 25.0 Å². The maximum absolute atomic E-state index is 13.5. The van der Waals surface area contributed by atoms with Crippen molar-refractivity contribution in [3.8, 4) is 0 Å². The van der Waals surface area contributed by atoms with Gasteiger partial charge in [-0.3, -0.25) is 11.3 Å². The molecule has 0 heterocycles. The average molecular weight is 240 g/mol. The van der Waals surface area contributed by atoms with E-state index in [1.54, 1.807) is 0 Å². The lowest BCUT2D eigenvalue weighted by atomic mass is 9.92. The topological polar surface area (TPSA) is 38.0 Å². The molecular formula is C13H18F2N2. The van der Waals surface area contributed by atoms with Crippen molar-refractivity contribution >= 4 is 0 Å². The highest BCUT2D eigenvalue weighted by Gasteiger charge is 2.25. The fraction of sp³-hybridized carbons (Fsp3) is 0.538. The normalized spacial score (nSPS) is 18.5. The maximum atomic E-state index is 13.5. The van der Waals surface area contributed by atoms with E-state index in [9.17, 15) is 8.78 Å². The van der Waals surface area contributed by atoms with Crippen LogP contribution in [0.15, 0.2) is 18.2 Å². The molecule has 2 nitrogen and oxygen atoms in total. The van der Waals surface area contributed by atoms with Gasteiger partial charge in [-0.2, -0.15) is 0 Å². The molecule has 0 saturated heterocycles. The fourth-order valence-corrected chi connectivity index (χ4v) is 2.65. The van der Waals surface area contributed by atoms with Gasteiger partial charge in [0, 0.05) is 12.1 Å². The summed E-state index contributed by atoms with van der Waals surface area (Å²) in [7, 11) is 0. The molecule has 94 valence electrons. The van der Waals surface area contributed by atoms with E-state index in [4.69, 9.17) is 5.84 Å². The van der Waals surface area contributed by atoms with Gasteiger partial charge in [-0.25, -0.2) is 8.78 Å². The van der Waals surface area contributed by atoms with Crippen LogP contribution in [0.2, 0.25) is 0 Å². The summed E-state index contributed by atoms with van der Waals surface area (Å²) in [4.78, 5) is 0. The second-order valence-corrected chi connectivity index (χ2v) is 4.76. The summed E-state index contributed by atoms with van der Waals surface area (Å²) >= 11 is 0. The first-order chi connectivity index (χ1) is 8.20. The molecule has 17 heavy (non-hydrogen) atoms. The van der Waals surface area contributed by atoms with Crippen LogP contribution in [-0.4, -0.2) is 6.04 Å². The number of halogens is 2. The van der Waals surface area contributed by atoms with Crippen LogP contribution in [0.3, 0.4) is 0 Å². The van der Waals surface area contributed by atoms with Crippen molar-refractivity contribution in [2.75, 3.05) is 0 Å². The summed E-state index contributed by atoms with van der Waals surface area (Å²) in [6.45, 7) is 0. The molecule has 0 aliphatic heterocycles. The Morgan fingerprint density at radius 3 is 2.59 bits per heavy atom. The lowest BCUT2D eigenvalue weighted by molar-refractivity contribution is 0.357. The van der Waals surface area contributed by atoms with Crippen molar-refractivity contribution in [2.24, 2.45) is 11.8 Å². The third kappa shape index (κ3) is 3.01. The second kappa shape index (κ2) is 5.56. The summed E-state index contributed by atoms with van der Waals surface area (Å²) in [5, 5.41) is 0. The molecule has 1 aromatic carbocycles. The summed E-state index contributed by atoms with van der Waals surface area (Å²) in [5.74, 6) is 5.02. The minimum atomic E-state index is -0.538. The lowest BCUT2D eigenvalue weighted by Crippen LogP contribution is -2.41. The van der Waals surface area contributed by atoms with Gasteiger partial charge in [-0.05, 0) is 36.8 Å². The number of hydrogen-bond acceptors (Lipinski definition) is 2. The molecule has 1 aliphatic rings. The smallest absolute Gasteiger partial charge is 0.129 e. The number of nitrogens with two attached hydrogens (primary N) is 1. The van der Waals surface area contributed by atoms with E-state index in [0.717, 1.165) is 18.9 Å². The maximum Gasteiger partial charge on any atom is 0.129 e. The van der Waals surface area contributed by atoms with E-state index in [-0.39, 0.29) is 6.04 Å². The van der Waals surface area contributed by atoms with Gasteiger partial charge in [0.15, 0.2) is 0 Å². The zero-order chi connectivity index (χ0) is 12.3. The van der Waals surface area contributed by atoms with Crippen LogP contribution in [0, 0.1) is 17.6 Å². The number of benzene rings is 1. The Labute approximate surface area is 100 Å². The van der Waals surface area contributed by atoms with Gasteiger partial charge in [-0.15, -0.1) is 0 Å². The Morgan fingerprint density at radius 1 is 1.29 bits per heavy atom. The summed E-state index contributed by atoms with van der Waals surface area (Å²) < 4.78 is 26.3. The third-order valence-corrected chi connectivity index (χ3v) is 3.64. The molecule has 0 aromatic heterocycles. The van der Waals surface area contributed by atoms with Crippen LogP contribution < -0.4 is 11.3 Å². The van der Waals surface area contributed by atoms with Gasteiger partial charge in [0.1, 0.15) is 11.6 Å². The lowest BCUT2D eigenvalue weighted by Gasteiger charge is -2.22. The first kappa shape index (κ1) is 12.5. The molecule has 0 amide bonds. The molecule has 0 radical (unpaired) electrons. The minimum Gasteiger partial charge on any atom is -0.271 e. The van der Waals surface area contributed by atoms with Gasteiger partial charge in [0.25, 0.3) is 0 Å². The average Bonchev–Trinajstić information content (AvgIpc) is 2.81. The van der Waals surface area contributed by atoms with Crippen LogP contribution in [0.5, 0.6) is 0 Å². The predicted octanol–water partition coefficient (Wildman–Crippen LogP) is 2.53. The Balaban J connectivity index is 2.06. The molecule has 1 unspecified atom stereocenters. The van der Waals surface area contributed by atoms with Gasteiger partial charge in [0.05, 0.1) is 0 Å². The van der Waals surface area contributed by atoms with E-state index < -0.39 is 11.6 Å². The van der Waals surface area contributed by atoms with Crippen molar-refractivity contribution in [2.45, 2.75) is 38.1 Å². The fourth-order valence-electron chi connectivity index (χ4n) is 2.65. The van der Waals surface area contributed by atoms with E-state index in [2.05, 4.69) is 5.43 Å². The van der Waals surface area contributed by atoms with Gasteiger partial charge < -0.3 is 0 Å². The van der Waals surface area contributed by atoms with Crippen LogP contribution >= 0.6 is 0 Å². The third-order valence-electron chi connectivity index (χ3n) is 3.64. The summed E-state index contributed by atoms with van der Waals surface area (Å²) in [5.41, 5.74) is 3.30. The van der Waals surface area contributed by atoms with Crippen molar-refractivity contribution in [1.29, 1.82) is 0 Å². The molecule has 1 saturated carbocycles. The Hall–Kier alpha value is -1.00. The van der Waals surface area contributed by atoms with Crippen LogP contribution in [0.1, 0.15) is 31.2 Å². The van der Waals surface area contributed by atoms with E-state index >= 15 is 0 Å². The zero-order valence-electron chi connectivity index (χ0n) is 9.76. The first-order valence-corrected chi connectivity index (χ1v) is 6.10. The number of nitrogens with one attached hydrogen (secondary N) is 1. The first-order valence-electron chi connectivity index (χ1n) is 6.10. The van der Waals surface area contributed by atoms with Gasteiger partial charge >= 0.3 is 0 Å². The van der Waals surface area contributed by atoms with Crippen LogP contribution in [-0.2, 0) is 6.42 Å². The summed E-state index contributed by atoms with van der Waals surface area (Å²) in [6.07, 6.45) is 5.23. The van der Waals surface area contributed by atoms with Gasteiger partial charge in [-0.1, -0.05) is 18.9 Å². The van der Waals surface area contributed by atoms with Crippen LogP contribution in [0.25, 0.3) is 0 Å². The molecule has 0 spiro atoms. The second-order valence-electron chi connectivity index (χ2n) is 4.76. The Kier molecular flexibility index (Phi) is 4.07. The predicted molar refractivity (Wildman–Crippen MR) is 63.1 cm³/mol. The molecule has 4 heteroatoms. The van der Waals surface area contributed by atoms with Crippen LogP contribution in [0.4, 0.5) is 8.78 Å². The van der Waals surface area contributed by atoms with Crippen molar-refractivity contribution in [3.05, 3.63) is 35.4 Å². The minimum absolute atomic E-state index is 0.0810. The molecule has 0 bridgehead atoms. The molecule has 1 atom stereocenters. The molecule has 1 aliphatic carbocycles. The monoisotopic (exact) mass is 240 g/mol. The SMILES string of the molecule is NNC(Cc1ccc(F)cc1F)C1CCCC1. The standard InChI is InChI=1S/C13H18F2N2/c14-11-6-5-10(12(15)8-11)7-13(17-16)9-3-1-2-4-9/h5-6,8-9,13,17H,1-4,7,16H2. The van der Waals surface area contributed by atoms with E-state index in [0.29, 0.717) is 17.9 Å². The van der Waals surface area contributed by atoms with Crippen molar-refractivity contribution < 1.29 is 8.78 Å². The quantitative estimate of drug-likeness (QED) is 0.627. The largest absolute Gasteiger partial charge is 0.271 e. The molecule has 1 fully saturated rings. The summed E-state index contributed by atoms with van der Waals surface area (Å²) in [6, 6.07) is 3.81. The van der Waals surface area contributed by atoms with Crippen molar-refractivity contribution in [1.82, 2.24) is 5.43 Å². The van der Waals surface area contributed by atoms with Crippen molar-refractivity contribution in [3.63, 3.8) is 0 Å². The Bertz CT molecular complexity index is 376. The number of hydrogen-bond donors (Lipinski definition) is 2. The zero-order valence-corrected chi connectivity index (χ0v) is 9.76. The molecule has 2 rings (SSSR count).